The highest BCUT2D eigenvalue weighted by atomic mass is 32.2. The van der Waals surface area contributed by atoms with Gasteiger partial charge in [-0.1, -0.05) is 0 Å². The molecule has 0 aromatic carbocycles. The summed E-state index contributed by atoms with van der Waals surface area (Å²) >= 11 is 0. The standard InChI is InChI=1S/C11H21NO3S/c1-12-9-11(3-5-15-6-4-11)10-2-7-16(13,14)8-10/h10,12H,2-9H2,1H3. The molecule has 0 amide bonds. The van der Waals surface area contributed by atoms with Gasteiger partial charge in [-0.25, -0.2) is 8.42 Å². The van der Waals surface area contributed by atoms with Crippen molar-refractivity contribution in [3.05, 3.63) is 0 Å². The molecule has 0 radical (unpaired) electrons. The molecule has 1 atom stereocenters. The average Bonchev–Trinajstić information content (AvgIpc) is 2.61. The number of hydrogen-bond acceptors (Lipinski definition) is 4. The van der Waals surface area contributed by atoms with Gasteiger partial charge in [0.2, 0.25) is 0 Å². The predicted molar refractivity (Wildman–Crippen MR) is 63.2 cm³/mol. The van der Waals surface area contributed by atoms with Crippen LogP contribution in [-0.4, -0.2) is 46.7 Å². The SMILES string of the molecule is CNCC1(C2CCS(=O)(=O)C2)CCOCC1. The van der Waals surface area contributed by atoms with E-state index < -0.39 is 9.84 Å². The van der Waals surface area contributed by atoms with Gasteiger partial charge in [0.25, 0.3) is 0 Å². The minimum absolute atomic E-state index is 0.149. The molecule has 1 N–H and O–H groups in total. The summed E-state index contributed by atoms with van der Waals surface area (Å²) in [7, 11) is -0.825. The second-order valence-electron chi connectivity index (χ2n) is 5.11. The van der Waals surface area contributed by atoms with Crippen LogP contribution in [0.25, 0.3) is 0 Å². The van der Waals surface area contributed by atoms with E-state index in [2.05, 4.69) is 5.32 Å². The topological polar surface area (TPSA) is 55.4 Å². The fourth-order valence-corrected chi connectivity index (χ4v) is 5.08. The van der Waals surface area contributed by atoms with Gasteiger partial charge in [-0.05, 0) is 37.6 Å². The van der Waals surface area contributed by atoms with Crippen LogP contribution in [0.3, 0.4) is 0 Å². The predicted octanol–water partition coefficient (Wildman–Crippen LogP) is 0.437. The molecular weight excluding hydrogens is 226 g/mol. The number of rotatable bonds is 3. The summed E-state index contributed by atoms with van der Waals surface area (Å²) in [6.45, 7) is 2.47. The first-order chi connectivity index (χ1) is 7.58. The lowest BCUT2D eigenvalue weighted by Gasteiger charge is -2.41. The maximum absolute atomic E-state index is 11.6. The minimum atomic E-state index is -2.77. The van der Waals surface area contributed by atoms with Crippen molar-refractivity contribution in [3.63, 3.8) is 0 Å². The van der Waals surface area contributed by atoms with Crippen molar-refractivity contribution in [1.82, 2.24) is 5.32 Å². The Morgan fingerprint density at radius 2 is 2.06 bits per heavy atom. The van der Waals surface area contributed by atoms with E-state index in [0.717, 1.165) is 39.0 Å². The highest BCUT2D eigenvalue weighted by Crippen LogP contribution is 2.43. The van der Waals surface area contributed by atoms with Crippen LogP contribution in [0.2, 0.25) is 0 Å². The largest absolute Gasteiger partial charge is 0.381 e. The lowest BCUT2D eigenvalue weighted by Crippen LogP contribution is -2.44. The molecule has 0 saturated carbocycles. The van der Waals surface area contributed by atoms with Gasteiger partial charge in [0.15, 0.2) is 9.84 Å². The fraction of sp³-hybridized carbons (Fsp3) is 1.00. The van der Waals surface area contributed by atoms with Crippen molar-refractivity contribution in [2.24, 2.45) is 11.3 Å². The molecule has 2 rings (SSSR count). The molecule has 0 aromatic heterocycles. The number of sulfone groups is 1. The van der Waals surface area contributed by atoms with Crippen molar-refractivity contribution in [3.8, 4) is 0 Å². The Kier molecular flexibility index (Phi) is 3.56. The Morgan fingerprint density at radius 3 is 2.56 bits per heavy atom. The van der Waals surface area contributed by atoms with Gasteiger partial charge in [-0.15, -0.1) is 0 Å². The lowest BCUT2D eigenvalue weighted by atomic mass is 9.69. The summed E-state index contributed by atoms with van der Waals surface area (Å²) in [5, 5.41) is 3.23. The summed E-state index contributed by atoms with van der Waals surface area (Å²) in [5.41, 5.74) is 0.149. The van der Waals surface area contributed by atoms with Crippen LogP contribution >= 0.6 is 0 Å². The van der Waals surface area contributed by atoms with Gasteiger partial charge in [0, 0.05) is 19.8 Å². The maximum Gasteiger partial charge on any atom is 0.150 e. The molecule has 1 unspecified atom stereocenters. The Morgan fingerprint density at radius 1 is 1.38 bits per heavy atom. The van der Waals surface area contributed by atoms with E-state index in [1.807, 2.05) is 7.05 Å². The third-order valence-electron chi connectivity index (χ3n) is 4.12. The minimum Gasteiger partial charge on any atom is -0.381 e. The number of ether oxygens (including phenoxy) is 1. The van der Waals surface area contributed by atoms with Crippen molar-refractivity contribution >= 4 is 9.84 Å². The van der Waals surface area contributed by atoms with Gasteiger partial charge >= 0.3 is 0 Å². The fourth-order valence-electron chi connectivity index (χ4n) is 3.14. The number of nitrogens with one attached hydrogen (secondary N) is 1. The second kappa shape index (κ2) is 4.63. The molecule has 0 spiro atoms. The quantitative estimate of drug-likeness (QED) is 0.786. The molecule has 2 aliphatic rings. The van der Waals surface area contributed by atoms with Crippen molar-refractivity contribution in [1.29, 1.82) is 0 Å². The molecule has 16 heavy (non-hydrogen) atoms. The van der Waals surface area contributed by atoms with Crippen LogP contribution in [0.4, 0.5) is 0 Å². The third-order valence-corrected chi connectivity index (χ3v) is 5.88. The van der Waals surface area contributed by atoms with Gasteiger partial charge in [-0.3, -0.25) is 0 Å². The van der Waals surface area contributed by atoms with Gasteiger partial charge in [0.05, 0.1) is 11.5 Å². The first-order valence-electron chi connectivity index (χ1n) is 6.01. The maximum atomic E-state index is 11.6. The Labute approximate surface area is 97.7 Å². The summed E-state index contributed by atoms with van der Waals surface area (Å²) in [5.74, 6) is 1.09. The molecule has 5 heteroatoms. The van der Waals surface area contributed by atoms with E-state index in [1.165, 1.54) is 0 Å². The Bertz CT molecular complexity index is 328. The molecule has 2 fully saturated rings. The lowest BCUT2D eigenvalue weighted by molar-refractivity contribution is -0.0113. The molecular formula is C11H21NO3S. The van der Waals surface area contributed by atoms with Crippen molar-refractivity contribution in [2.45, 2.75) is 19.3 Å². The summed E-state index contributed by atoms with van der Waals surface area (Å²) in [6.07, 6.45) is 2.83. The smallest absolute Gasteiger partial charge is 0.150 e. The van der Waals surface area contributed by atoms with E-state index in [-0.39, 0.29) is 5.41 Å². The molecule has 0 aromatic rings. The van der Waals surface area contributed by atoms with Crippen LogP contribution in [0.1, 0.15) is 19.3 Å². The zero-order valence-corrected chi connectivity index (χ0v) is 10.7. The monoisotopic (exact) mass is 247 g/mol. The van der Waals surface area contributed by atoms with Crippen LogP contribution in [0.5, 0.6) is 0 Å². The molecule has 2 aliphatic heterocycles. The highest BCUT2D eigenvalue weighted by Gasteiger charge is 2.44. The molecule has 0 aliphatic carbocycles. The van der Waals surface area contributed by atoms with Gasteiger partial charge < -0.3 is 10.1 Å². The van der Waals surface area contributed by atoms with Crippen LogP contribution in [-0.2, 0) is 14.6 Å². The summed E-state index contributed by atoms with van der Waals surface area (Å²) in [6, 6.07) is 0. The average molecular weight is 247 g/mol. The highest BCUT2D eigenvalue weighted by molar-refractivity contribution is 7.91. The molecule has 2 saturated heterocycles. The number of hydrogen-bond donors (Lipinski definition) is 1. The van der Waals surface area contributed by atoms with E-state index in [9.17, 15) is 8.42 Å². The third kappa shape index (κ3) is 2.41. The molecule has 94 valence electrons. The summed E-state index contributed by atoms with van der Waals surface area (Å²) in [4.78, 5) is 0. The van der Waals surface area contributed by atoms with E-state index in [1.54, 1.807) is 0 Å². The van der Waals surface area contributed by atoms with E-state index in [0.29, 0.717) is 17.4 Å². The van der Waals surface area contributed by atoms with Gasteiger partial charge in [-0.2, -0.15) is 0 Å². The van der Waals surface area contributed by atoms with E-state index >= 15 is 0 Å². The van der Waals surface area contributed by atoms with Crippen molar-refractivity contribution in [2.75, 3.05) is 38.3 Å². The Balaban J connectivity index is 2.13. The second-order valence-corrected chi connectivity index (χ2v) is 7.33. The normalized spacial score (nSPS) is 32.7. The first-order valence-corrected chi connectivity index (χ1v) is 7.83. The van der Waals surface area contributed by atoms with Crippen LogP contribution < -0.4 is 5.32 Å². The van der Waals surface area contributed by atoms with Gasteiger partial charge in [0.1, 0.15) is 0 Å². The molecule has 4 nitrogen and oxygen atoms in total. The molecule has 0 bridgehead atoms. The molecule has 2 heterocycles. The first kappa shape index (κ1) is 12.3. The summed E-state index contributed by atoms with van der Waals surface area (Å²) < 4.78 is 28.6. The van der Waals surface area contributed by atoms with Crippen LogP contribution in [0.15, 0.2) is 0 Å². The van der Waals surface area contributed by atoms with Crippen molar-refractivity contribution < 1.29 is 13.2 Å². The zero-order chi connectivity index (χ0) is 11.6. The zero-order valence-electron chi connectivity index (χ0n) is 9.87. The van der Waals surface area contributed by atoms with E-state index in [4.69, 9.17) is 4.74 Å². The van der Waals surface area contributed by atoms with Crippen LogP contribution in [0, 0.1) is 11.3 Å². The Hall–Kier alpha value is -0.130.